The summed E-state index contributed by atoms with van der Waals surface area (Å²) in [7, 11) is -1.27. The van der Waals surface area contributed by atoms with Crippen LogP contribution in [0.4, 0.5) is 5.82 Å². The van der Waals surface area contributed by atoms with Gasteiger partial charge in [0, 0.05) is 36.1 Å². The number of nitriles is 1. The van der Waals surface area contributed by atoms with Gasteiger partial charge >= 0.3 is 0 Å². The fourth-order valence-corrected chi connectivity index (χ4v) is 4.54. The van der Waals surface area contributed by atoms with Crippen molar-refractivity contribution >= 4 is 28.4 Å². The van der Waals surface area contributed by atoms with E-state index in [9.17, 15) is 13.8 Å². The van der Waals surface area contributed by atoms with Crippen molar-refractivity contribution in [2.75, 3.05) is 17.3 Å². The van der Waals surface area contributed by atoms with E-state index in [0.29, 0.717) is 41.5 Å². The topological polar surface area (TPSA) is 117 Å². The molecule has 0 bridgehead atoms. The summed E-state index contributed by atoms with van der Waals surface area (Å²) in [5.74, 6) is 0.359. The fraction of sp³-hybridized carbons (Fsp3) is 0.478. The number of nitrogens with one attached hydrogen (secondary N) is 2. The van der Waals surface area contributed by atoms with Gasteiger partial charge in [-0.1, -0.05) is 25.0 Å². The van der Waals surface area contributed by atoms with Crippen LogP contribution in [0.3, 0.4) is 0 Å². The molecule has 2 aromatic rings. The summed E-state index contributed by atoms with van der Waals surface area (Å²) in [6, 6.07) is 9.57. The van der Waals surface area contributed by atoms with E-state index >= 15 is 0 Å². The van der Waals surface area contributed by atoms with E-state index in [1.54, 1.807) is 10.7 Å². The van der Waals surface area contributed by atoms with Gasteiger partial charge < -0.3 is 10.6 Å². The fourth-order valence-electron chi connectivity index (χ4n) is 4.10. The third-order valence-electron chi connectivity index (χ3n) is 5.90. The zero-order valence-corrected chi connectivity index (χ0v) is 18.9. The molecule has 0 radical (unpaired) electrons. The lowest BCUT2D eigenvalue weighted by Crippen LogP contribution is -2.41. The summed E-state index contributed by atoms with van der Waals surface area (Å²) >= 11 is 0. The van der Waals surface area contributed by atoms with Crippen LogP contribution >= 0.6 is 0 Å². The van der Waals surface area contributed by atoms with Crippen molar-refractivity contribution in [3.05, 3.63) is 46.6 Å². The Bertz CT molecular complexity index is 1100. The predicted molar refractivity (Wildman–Crippen MR) is 122 cm³/mol. The highest BCUT2D eigenvalue weighted by atomic mass is 32.2. The van der Waals surface area contributed by atoms with Gasteiger partial charge in [0.25, 0.3) is 5.91 Å². The molecule has 2 N–H and O–H groups in total. The molecule has 8 nitrogen and oxygen atoms in total. The zero-order chi connectivity index (χ0) is 22.7. The Labute approximate surface area is 189 Å². The first-order valence-corrected chi connectivity index (χ1v) is 12.6. The van der Waals surface area contributed by atoms with E-state index in [4.69, 9.17) is 5.26 Å². The van der Waals surface area contributed by atoms with Gasteiger partial charge in [-0.3, -0.25) is 13.8 Å². The molecule has 168 valence electrons. The average Bonchev–Trinajstić information content (AvgIpc) is 3.52. The number of nitrogens with zero attached hydrogens (tertiary/aromatic N) is 3. The van der Waals surface area contributed by atoms with E-state index in [2.05, 4.69) is 21.8 Å². The average molecular weight is 454 g/mol. The molecule has 1 saturated carbocycles. The number of carbonyl (C=O) groups is 2. The van der Waals surface area contributed by atoms with Crippen molar-refractivity contribution in [2.45, 2.75) is 51.1 Å². The molecular formula is C23H27N5O3S. The van der Waals surface area contributed by atoms with Crippen LogP contribution in [0.25, 0.3) is 0 Å². The molecular weight excluding hydrogens is 426 g/mol. The molecule has 1 fully saturated rings. The van der Waals surface area contributed by atoms with E-state index in [1.165, 1.54) is 19.1 Å². The van der Waals surface area contributed by atoms with Gasteiger partial charge in [0.1, 0.15) is 17.1 Å². The summed E-state index contributed by atoms with van der Waals surface area (Å²) in [6.07, 6.45) is 6.92. The second-order valence-corrected chi connectivity index (χ2v) is 10.1. The summed E-state index contributed by atoms with van der Waals surface area (Å²) in [5.41, 5.74) is 2.78. The quantitative estimate of drug-likeness (QED) is 0.603. The Morgan fingerprint density at radius 2 is 2.19 bits per heavy atom. The van der Waals surface area contributed by atoms with Crippen LogP contribution in [-0.2, 0) is 35.0 Å². The van der Waals surface area contributed by atoms with E-state index in [0.717, 1.165) is 24.8 Å². The molecule has 32 heavy (non-hydrogen) atoms. The third-order valence-corrected chi connectivity index (χ3v) is 6.57. The molecule has 1 aromatic carbocycles. The lowest BCUT2D eigenvalue weighted by Gasteiger charge is -2.23. The van der Waals surface area contributed by atoms with Crippen molar-refractivity contribution in [1.82, 2.24) is 15.1 Å². The van der Waals surface area contributed by atoms with E-state index in [1.807, 2.05) is 18.2 Å². The van der Waals surface area contributed by atoms with Crippen molar-refractivity contribution < 1.29 is 13.8 Å². The van der Waals surface area contributed by atoms with Crippen LogP contribution in [0.1, 0.15) is 52.9 Å². The number of carbonyl (C=O) groups excluding carboxylic acids is 2. The highest BCUT2D eigenvalue weighted by molar-refractivity contribution is 7.85. The standard InChI is InChI=1S/C23H27N5O3S/c1-32(31)14-20(29)26-22-21-19(27-28(22)10-9-15-5-6-15)12-18(25-23(21)30)8-7-16-3-2-4-17(11-16)13-24/h2-4,11,15,18H,5-10,12,14H2,1H3,(H,25,30)(H,26,29)/t18-,32?/m0/s1. The molecule has 2 atom stereocenters. The number of benzene rings is 1. The van der Waals surface area contributed by atoms with E-state index < -0.39 is 10.8 Å². The maximum atomic E-state index is 13.0. The van der Waals surface area contributed by atoms with Gasteiger partial charge in [-0.2, -0.15) is 10.4 Å². The largest absolute Gasteiger partial charge is 0.349 e. The Morgan fingerprint density at radius 1 is 1.38 bits per heavy atom. The van der Waals surface area contributed by atoms with Gasteiger partial charge in [0.15, 0.2) is 0 Å². The maximum Gasteiger partial charge on any atom is 0.257 e. The van der Waals surface area contributed by atoms with Crippen LogP contribution in [-0.4, -0.2) is 43.9 Å². The molecule has 0 saturated heterocycles. The minimum atomic E-state index is -1.27. The first kappa shape index (κ1) is 22.2. The summed E-state index contributed by atoms with van der Waals surface area (Å²) in [4.78, 5) is 25.3. The van der Waals surface area contributed by atoms with Gasteiger partial charge in [0.05, 0.1) is 17.3 Å². The number of aromatic nitrogens is 2. The number of aryl methyl sites for hydroxylation is 2. The Balaban J connectivity index is 1.50. The molecule has 1 aromatic heterocycles. The maximum absolute atomic E-state index is 13.0. The molecule has 2 amide bonds. The normalized spacial score (nSPS) is 18.4. The monoisotopic (exact) mass is 453 g/mol. The van der Waals surface area contributed by atoms with Crippen LogP contribution < -0.4 is 10.6 Å². The van der Waals surface area contributed by atoms with Crippen molar-refractivity contribution in [3.63, 3.8) is 0 Å². The number of amides is 2. The number of rotatable bonds is 9. The molecule has 9 heteroatoms. The minimum absolute atomic E-state index is 0.0702. The molecule has 2 heterocycles. The first-order chi connectivity index (χ1) is 15.4. The number of hydrogen-bond acceptors (Lipinski definition) is 5. The second kappa shape index (κ2) is 9.65. The Hall–Kier alpha value is -2.99. The molecule has 4 rings (SSSR count). The molecule has 1 unspecified atom stereocenters. The predicted octanol–water partition coefficient (Wildman–Crippen LogP) is 2.16. The minimum Gasteiger partial charge on any atom is -0.349 e. The van der Waals surface area contributed by atoms with Crippen LogP contribution in [0.15, 0.2) is 24.3 Å². The Morgan fingerprint density at radius 3 is 2.91 bits per heavy atom. The van der Waals surface area contributed by atoms with Crippen molar-refractivity contribution in [1.29, 1.82) is 5.26 Å². The second-order valence-electron chi connectivity index (χ2n) is 8.62. The molecule has 2 aliphatic rings. The summed E-state index contributed by atoms with van der Waals surface area (Å²) < 4.78 is 13.2. The molecule has 1 aliphatic heterocycles. The smallest absolute Gasteiger partial charge is 0.257 e. The zero-order valence-electron chi connectivity index (χ0n) is 18.1. The van der Waals surface area contributed by atoms with E-state index in [-0.39, 0.29) is 23.6 Å². The highest BCUT2D eigenvalue weighted by Gasteiger charge is 2.33. The summed E-state index contributed by atoms with van der Waals surface area (Å²) in [5, 5.41) is 19.6. The van der Waals surface area contributed by atoms with Crippen LogP contribution in [0.2, 0.25) is 0 Å². The van der Waals surface area contributed by atoms with Crippen LogP contribution in [0, 0.1) is 17.2 Å². The number of hydrogen-bond donors (Lipinski definition) is 2. The Kier molecular flexibility index (Phi) is 6.70. The van der Waals surface area contributed by atoms with Crippen molar-refractivity contribution in [3.8, 4) is 6.07 Å². The summed E-state index contributed by atoms with van der Waals surface area (Å²) in [6.45, 7) is 0.640. The number of fused-ring (bicyclic) bond motifs is 1. The third kappa shape index (κ3) is 5.43. The number of anilines is 1. The van der Waals surface area contributed by atoms with Gasteiger partial charge in [-0.05, 0) is 42.9 Å². The van der Waals surface area contributed by atoms with Gasteiger partial charge in [-0.15, -0.1) is 0 Å². The lowest BCUT2D eigenvalue weighted by molar-refractivity contribution is -0.113. The lowest BCUT2D eigenvalue weighted by atomic mass is 9.96. The molecule has 0 spiro atoms. The van der Waals surface area contributed by atoms with Gasteiger partial charge in [0.2, 0.25) is 5.91 Å². The van der Waals surface area contributed by atoms with Crippen LogP contribution in [0.5, 0.6) is 0 Å². The van der Waals surface area contributed by atoms with Gasteiger partial charge in [-0.25, -0.2) is 4.68 Å². The molecule has 1 aliphatic carbocycles. The first-order valence-electron chi connectivity index (χ1n) is 10.9. The SMILES string of the molecule is CS(=O)CC(=O)Nc1c2c(nn1CCC1CC1)C[C@H](CCc1cccc(C#N)c1)NC2=O. The highest BCUT2D eigenvalue weighted by Crippen LogP contribution is 2.34. The van der Waals surface area contributed by atoms with Crippen molar-refractivity contribution in [2.24, 2.45) is 5.92 Å².